The number of benzene rings is 1. The van der Waals surface area contributed by atoms with Gasteiger partial charge in [-0.2, -0.15) is 0 Å². The highest BCUT2D eigenvalue weighted by Gasteiger charge is 2.19. The maximum atomic E-state index is 12.2. The zero-order chi connectivity index (χ0) is 13.6. The molecule has 0 spiro atoms. The van der Waals surface area contributed by atoms with Gasteiger partial charge in [0, 0.05) is 13.6 Å². The predicted octanol–water partition coefficient (Wildman–Crippen LogP) is 1.74. The molecule has 0 unspecified atom stereocenters. The molecule has 2 N–H and O–H groups in total. The summed E-state index contributed by atoms with van der Waals surface area (Å²) in [5.74, 6) is 0. The summed E-state index contributed by atoms with van der Waals surface area (Å²) >= 11 is 0. The van der Waals surface area contributed by atoms with Crippen molar-refractivity contribution in [2.45, 2.75) is 31.1 Å². The molecule has 0 bridgehead atoms. The highest BCUT2D eigenvalue weighted by atomic mass is 32.2. The normalized spacial score (nSPS) is 12.0. The Labute approximate surface area is 110 Å². The van der Waals surface area contributed by atoms with Gasteiger partial charge in [-0.3, -0.25) is 0 Å². The van der Waals surface area contributed by atoms with E-state index in [-0.39, 0.29) is 0 Å². The van der Waals surface area contributed by atoms with Crippen LogP contribution in [0.5, 0.6) is 0 Å². The van der Waals surface area contributed by atoms with Gasteiger partial charge in [0.2, 0.25) is 10.0 Å². The van der Waals surface area contributed by atoms with Crippen LogP contribution >= 0.6 is 0 Å². The molecule has 0 aliphatic heterocycles. The molecule has 4 nitrogen and oxygen atoms in total. The summed E-state index contributed by atoms with van der Waals surface area (Å²) in [5, 5.41) is 0. The Morgan fingerprint density at radius 1 is 1.11 bits per heavy atom. The van der Waals surface area contributed by atoms with E-state index in [1.165, 1.54) is 4.31 Å². The first-order valence-electron chi connectivity index (χ1n) is 6.21. The molecule has 0 saturated carbocycles. The highest BCUT2D eigenvalue weighted by molar-refractivity contribution is 7.89. The minimum Gasteiger partial charge on any atom is -0.330 e. The summed E-state index contributed by atoms with van der Waals surface area (Å²) in [7, 11) is -1.72. The Hall–Kier alpha value is -0.910. The first-order valence-corrected chi connectivity index (χ1v) is 7.65. The van der Waals surface area contributed by atoms with Gasteiger partial charge in [0.15, 0.2) is 0 Å². The maximum Gasteiger partial charge on any atom is 0.242 e. The van der Waals surface area contributed by atoms with E-state index < -0.39 is 10.0 Å². The lowest BCUT2D eigenvalue weighted by atomic mass is 10.2. The Morgan fingerprint density at radius 3 is 2.28 bits per heavy atom. The van der Waals surface area contributed by atoms with Crippen LogP contribution in [0.3, 0.4) is 0 Å². The van der Waals surface area contributed by atoms with Crippen LogP contribution in [0.4, 0.5) is 0 Å². The number of hydrogen-bond donors (Lipinski definition) is 1. The van der Waals surface area contributed by atoms with Gasteiger partial charge in [0.1, 0.15) is 0 Å². The molecule has 0 amide bonds. The molecule has 1 aromatic rings. The number of nitrogens with two attached hydrogens (primary N) is 1. The smallest absolute Gasteiger partial charge is 0.242 e. The minimum absolute atomic E-state index is 0.356. The zero-order valence-electron chi connectivity index (χ0n) is 11.1. The number of unbranched alkanes of at least 4 members (excludes halogenated alkanes) is 2. The molecule has 1 aromatic carbocycles. The number of aryl methyl sites for hydroxylation is 1. The van der Waals surface area contributed by atoms with Gasteiger partial charge in [-0.1, -0.05) is 24.1 Å². The van der Waals surface area contributed by atoms with Crippen LogP contribution in [-0.4, -0.2) is 32.9 Å². The van der Waals surface area contributed by atoms with Gasteiger partial charge in [0.25, 0.3) is 0 Å². The number of sulfonamides is 1. The summed E-state index contributed by atoms with van der Waals surface area (Å²) in [6.07, 6.45) is 2.75. The van der Waals surface area contributed by atoms with Crippen LogP contribution in [0.2, 0.25) is 0 Å². The molecule has 0 radical (unpaired) electrons. The average molecular weight is 270 g/mol. The van der Waals surface area contributed by atoms with E-state index in [2.05, 4.69) is 0 Å². The van der Waals surface area contributed by atoms with Crippen molar-refractivity contribution >= 4 is 10.0 Å². The second kappa shape index (κ2) is 6.87. The number of hydrogen-bond acceptors (Lipinski definition) is 3. The SMILES string of the molecule is Cc1ccc(S(=O)(=O)N(C)CCCCCN)cc1. The predicted molar refractivity (Wildman–Crippen MR) is 73.9 cm³/mol. The maximum absolute atomic E-state index is 12.2. The Morgan fingerprint density at radius 2 is 1.72 bits per heavy atom. The third-order valence-corrected chi connectivity index (χ3v) is 4.78. The molecule has 0 aliphatic carbocycles. The lowest BCUT2D eigenvalue weighted by Gasteiger charge is -2.17. The second-order valence-corrected chi connectivity index (χ2v) is 6.53. The third-order valence-electron chi connectivity index (χ3n) is 2.91. The molecule has 0 atom stereocenters. The molecule has 5 heteroatoms. The zero-order valence-corrected chi connectivity index (χ0v) is 11.9. The van der Waals surface area contributed by atoms with Crippen LogP contribution in [0.25, 0.3) is 0 Å². The average Bonchev–Trinajstić information content (AvgIpc) is 2.35. The standard InChI is InChI=1S/C13H22N2O2S/c1-12-6-8-13(9-7-12)18(16,17)15(2)11-5-3-4-10-14/h6-9H,3-5,10-11,14H2,1-2H3. The van der Waals surface area contributed by atoms with Crippen molar-refractivity contribution in [1.82, 2.24) is 4.31 Å². The van der Waals surface area contributed by atoms with E-state index in [0.29, 0.717) is 18.0 Å². The third kappa shape index (κ3) is 4.08. The largest absolute Gasteiger partial charge is 0.330 e. The Bertz CT molecular complexity index is 454. The fourth-order valence-electron chi connectivity index (χ4n) is 1.67. The van der Waals surface area contributed by atoms with E-state index in [9.17, 15) is 8.42 Å². The first kappa shape index (κ1) is 15.1. The highest BCUT2D eigenvalue weighted by Crippen LogP contribution is 2.15. The molecule has 1 rings (SSSR count). The van der Waals surface area contributed by atoms with Gasteiger partial charge >= 0.3 is 0 Å². The summed E-state index contributed by atoms with van der Waals surface area (Å²) < 4.78 is 25.8. The summed E-state index contributed by atoms with van der Waals surface area (Å²) in [5.41, 5.74) is 6.46. The second-order valence-electron chi connectivity index (χ2n) is 4.49. The van der Waals surface area contributed by atoms with Crippen molar-refractivity contribution in [3.05, 3.63) is 29.8 Å². The fraction of sp³-hybridized carbons (Fsp3) is 0.538. The first-order chi connectivity index (χ1) is 8.48. The van der Waals surface area contributed by atoms with Crippen LogP contribution in [-0.2, 0) is 10.0 Å². The fourth-order valence-corrected chi connectivity index (χ4v) is 2.88. The molecule has 0 aromatic heterocycles. The van der Waals surface area contributed by atoms with E-state index in [1.807, 2.05) is 19.1 Å². The van der Waals surface area contributed by atoms with Crippen LogP contribution in [0.1, 0.15) is 24.8 Å². The van der Waals surface area contributed by atoms with Crippen molar-refractivity contribution in [2.24, 2.45) is 5.73 Å². The van der Waals surface area contributed by atoms with Crippen molar-refractivity contribution in [2.75, 3.05) is 20.1 Å². The van der Waals surface area contributed by atoms with Gasteiger partial charge in [-0.25, -0.2) is 12.7 Å². The topological polar surface area (TPSA) is 63.4 Å². The Balaban J connectivity index is 2.65. The molecular weight excluding hydrogens is 248 g/mol. The lowest BCUT2D eigenvalue weighted by molar-refractivity contribution is 0.453. The van der Waals surface area contributed by atoms with Gasteiger partial charge < -0.3 is 5.73 Å². The molecule has 0 heterocycles. The summed E-state index contributed by atoms with van der Waals surface area (Å²) in [6.45, 7) is 3.14. The van der Waals surface area contributed by atoms with E-state index in [1.54, 1.807) is 19.2 Å². The lowest BCUT2D eigenvalue weighted by Crippen LogP contribution is -2.28. The van der Waals surface area contributed by atoms with Crippen molar-refractivity contribution in [3.63, 3.8) is 0 Å². The number of rotatable bonds is 7. The molecule has 0 aliphatic rings. The van der Waals surface area contributed by atoms with Crippen LogP contribution < -0.4 is 5.73 Å². The monoisotopic (exact) mass is 270 g/mol. The Kier molecular flexibility index (Phi) is 5.78. The molecule has 0 fully saturated rings. The number of nitrogens with zero attached hydrogens (tertiary/aromatic N) is 1. The van der Waals surface area contributed by atoms with Crippen LogP contribution in [0, 0.1) is 6.92 Å². The van der Waals surface area contributed by atoms with Crippen LogP contribution in [0.15, 0.2) is 29.2 Å². The van der Waals surface area contributed by atoms with E-state index >= 15 is 0 Å². The van der Waals surface area contributed by atoms with Gasteiger partial charge in [0.05, 0.1) is 4.90 Å². The minimum atomic E-state index is -3.34. The summed E-state index contributed by atoms with van der Waals surface area (Å²) in [6, 6.07) is 6.94. The van der Waals surface area contributed by atoms with Crippen molar-refractivity contribution in [1.29, 1.82) is 0 Å². The van der Waals surface area contributed by atoms with E-state index in [4.69, 9.17) is 5.73 Å². The van der Waals surface area contributed by atoms with Gasteiger partial charge in [-0.15, -0.1) is 0 Å². The quantitative estimate of drug-likeness (QED) is 0.768. The van der Waals surface area contributed by atoms with Gasteiger partial charge in [-0.05, 0) is 38.4 Å². The molecule has 18 heavy (non-hydrogen) atoms. The van der Waals surface area contributed by atoms with Crippen molar-refractivity contribution < 1.29 is 8.42 Å². The molecular formula is C13H22N2O2S. The summed E-state index contributed by atoms with van der Waals surface area (Å²) in [4.78, 5) is 0.356. The van der Waals surface area contributed by atoms with Crippen molar-refractivity contribution in [3.8, 4) is 0 Å². The molecule has 0 saturated heterocycles. The van der Waals surface area contributed by atoms with E-state index in [0.717, 1.165) is 24.8 Å². The molecule has 102 valence electrons.